The Hall–Kier alpha value is -2.76. The lowest BCUT2D eigenvalue weighted by Crippen LogP contribution is -2.33. The number of aromatic nitrogens is 1. The molecule has 0 unspecified atom stereocenters. The Morgan fingerprint density at radius 1 is 1.03 bits per heavy atom. The van der Waals surface area contributed by atoms with Gasteiger partial charge in [0.05, 0.1) is 13.7 Å². The molecule has 30 heavy (non-hydrogen) atoms. The molecule has 1 aromatic heterocycles. The van der Waals surface area contributed by atoms with Gasteiger partial charge in [0.25, 0.3) is 5.91 Å². The lowest BCUT2D eigenvalue weighted by Gasteiger charge is -2.24. The molecule has 0 bridgehead atoms. The molecule has 5 nitrogen and oxygen atoms in total. The van der Waals surface area contributed by atoms with Crippen molar-refractivity contribution in [2.45, 2.75) is 19.5 Å². The van der Waals surface area contributed by atoms with E-state index in [2.05, 4.69) is 4.57 Å². The smallest absolute Gasteiger partial charge is 0.254 e. The minimum absolute atomic E-state index is 0.0146. The number of hydrogen-bond acceptors (Lipinski definition) is 3. The summed E-state index contributed by atoms with van der Waals surface area (Å²) in [7, 11) is 3.28. The number of carbonyl (C=O) groups excluding carboxylic acids is 1. The quantitative estimate of drug-likeness (QED) is 0.434. The fraction of sp³-hybridized carbons (Fsp3) is 0.292. The predicted octanol–water partition coefficient (Wildman–Crippen LogP) is 4.88. The molecule has 0 aliphatic heterocycles. The molecule has 0 aliphatic carbocycles. The molecule has 1 amide bonds. The van der Waals surface area contributed by atoms with E-state index >= 15 is 0 Å². The van der Waals surface area contributed by atoms with Gasteiger partial charge in [0.15, 0.2) is 0 Å². The molecule has 3 aromatic rings. The summed E-state index contributed by atoms with van der Waals surface area (Å²) >= 11 is 6.34. The Morgan fingerprint density at radius 3 is 2.50 bits per heavy atom. The van der Waals surface area contributed by atoms with Crippen molar-refractivity contribution < 1.29 is 14.3 Å². The van der Waals surface area contributed by atoms with Crippen molar-refractivity contribution in [1.29, 1.82) is 0 Å². The van der Waals surface area contributed by atoms with Crippen LogP contribution in [-0.2, 0) is 17.8 Å². The van der Waals surface area contributed by atoms with E-state index < -0.39 is 0 Å². The third-order valence-electron chi connectivity index (χ3n) is 4.98. The van der Waals surface area contributed by atoms with Gasteiger partial charge in [-0.3, -0.25) is 4.79 Å². The molecular weight excluding hydrogens is 400 g/mol. The summed E-state index contributed by atoms with van der Waals surface area (Å²) in [5.41, 5.74) is 2.73. The molecule has 0 fully saturated rings. The van der Waals surface area contributed by atoms with E-state index in [1.54, 1.807) is 38.5 Å². The third-order valence-corrected chi connectivity index (χ3v) is 5.34. The van der Waals surface area contributed by atoms with Gasteiger partial charge in [0.2, 0.25) is 0 Å². The number of carbonyl (C=O) groups is 1. The van der Waals surface area contributed by atoms with E-state index in [0.29, 0.717) is 31.8 Å². The van der Waals surface area contributed by atoms with E-state index in [1.165, 1.54) is 0 Å². The van der Waals surface area contributed by atoms with Crippen LogP contribution < -0.4 is 4.74 Å². The third kappa shape index (κ3) is 5.65. The van der Waals surface area contributed by atoms with Crippen molar-refractivity contribution in [3.05, 3.63) is 88.7 Å². The monoisotopic (exact) mass is 426 g/mol. The van der Waals surface area contributed by atoms with Crippen LogP contribution in [-0.4, -0.2) is 42.7 Å². The van der Waals surface area contributed by atoms with Gasteiger partial charge in [-0.2, -0.15) is 0 Å². The van der Waals surface area contributed by atoms with E-state index in [-0.39, 0.29) is 5.91 Å². The first-order chi connectivity index (χ1) is 14.6. The molecule has 0 saturated carbocycles. The minimum Gasteiger partial charge on any atom is -0.497 e. The summed E-state index contributed by atoms with van der Waals surface area (Å²) < 4.78 is 12.5. The second kappa shape index (κ2) is 10.9. The Balaban J connectivity index is 1.79. The first-order valence-electron chi connectivity index (χ1n) is 9.92. The van der Waals surface area contributed by atoms with Crippen molar-refractivity contribution in [2.24, 2.45) is 0 Å². The predicted molar refractivity (Wildman–Crippen MR) is 119 cm³/mol. The van der Waals surface area contributed by atoms with Crippen LogP contribution in [0.5, 0.6) is 5.75 Å². The van der Waals surface area contributed by atoms with Crippen LogP contribution in [0.3, 0.4) is 0 Å². The summed E-state index contributed by atoms with van der Waals surface area (Å²) in [5.74, 6) is 0.713. The van der Waals surface area contributed by atoms with Crippen molar-refractivity contribution in [2.75, 3.05) is 27.4 Å². The van der Waals surface area contributed by atoms with Crippen molar-refractivity contribution in [3.63, 3.8) is 0 Å². The number of rotatable bonds is 10. The zero-order valence-corrected chi connectivity index (χ0v) is 18.1. The maximum Gasteiger partial charge on any atom is 0.254 e. The standard InChI is InChI=1S/C24H27ClN2O3/c1-29-16-6-15-27(24(28)19-10-12-22(30-2)13-11-19)18-21-8-5-14-26(21)17-20-7-3-4-9-23(20)25/h3-5,7-14H,6,15-18H2,1-2H3. The fourth-order valence-corrected chi connectivity index (χ4v) is 3.52. The number of nitrogens with zero attached hydrogens (tertiary/aromatic N) is 2. The Labute approximate surface area is 182 Å². The Bertz CT molecular complexity index is 953. The van der Waals surface area contributed by atoms with Gasteiger partial charge in [0.1, 0.15) is 5.75 Å². The number of ether oxygens (including phenoxy) is 2. The molecule has 0 aliphatic rings. The van der Waals surface area contributed by atoms with E-state index in [0.717, 1.165) is 28.5 Å². The molecule has 6 heteroatoms. The average molecular weight is 427 g/mol. The van der Waals surface area contributed by atoms with Crippen LogP contribution in [0.2, 0.25) is 5.02 Å². The number of hydrogen-bond donors (Lipinski definition) is 0. The maximum absolute atomic E-state index is 13.2. The average Bonchev–Trinajstić information content (AvgIpc) is 3.21. The maximum atomic E-state index is 13.2. The van der Waals surface area contributed by atoms with Crippen LogP contribution in [0.15, 0.2) is 66.9 Å². The first-order valence-corrected chi connectivity index (χ1v) is 10.3. The van der Waals surface area contributed by atoms with E-state index in [9.17, 15) is 4.79 Å². The largest absolute Gasteiger partial charge is 0.497 e. The second-order valence-corrected chi connectivity index (χ2v) is 7.43. The van der Waals surface area contributed by atoms with Gasteiger partial charge in [-0.25, -0.2) is 0 Å². The summed E-state index contributed by atoms with van der Waals surface area (Å²) in [5, 5.41) is 0.739. The first kappa shape index (κ1) is 21.9. The number of amides is 1. The van der Waals surface area contributed by atoms with Crippen LogP contribution in [0.1, 0.15) is 28.0 Å². The van der Waals surface area contributed by atoms with Gasteiger partial charge >= 0.3 is 0 Å². The molecule has 0 N–H and O–H groups in total. The number of methoxy groups -OCH3 is 2. The highest BCUT2D eigenvalue weighted by atomic mass is 35.5. The van der Waals surface area contributed by atoms with Crippen LogP contribution in [0.25, 0.3) is 0 Å². The Kier molecular flexibility index (Phi) is 7.94. The summed E-state index contributed by atoms with van der Waals surface area (Å²) in [4.78, 5) is 15.1. The number of benzene rings is 2. The summed E-state index contributed by atoms with van der Waals surface area (Å²) in [6.45, 7) is 2.37. The molecule has 0 radical (unpaired) electrons. The molecule has 0 saturated heterocycles. The Morgan fingerprint density at radius 2 is 1.80 bits per heavy atom. The van der Waals surface area contributed by atoms with Gasteiger partial charge in [0, 0.05) is 49.3 Å². The number of halogens is 1. The van der Waals surface area contributed by atoms with Crippen molar-refractivity contribution >= 4 is 17.5 Å². The lowest BCUT2D eigenvalue weighted by atomic mass is 10.1. The second-order valence-electron chi connectivity index (χ2n) is 7.02. The summed E-state index contributed by atoms with van der Waals surface area (Å²) in [6.07, 6.45) is 2.79. The van der Waals surface area contributed by atoms with Gasteiger partial charge in [-0.1, -0.05) is 29.8 Å². The SMILES string of the molecule is COCCCN(Cc1cccn1Cc1ccccc1Cl)C(=O)c1ccc(OC)cc1. The zero-order valence-electron chi connectivity index (χ0n) is 17.4. The lowest BCUT2D eigenvalue weighted by molar-refractivity contribution is 0.0720. The van der Waals surface area contributed by atoms with Crippen LogP contribution in [0, 0.1) is 0 Å². The fourth-order valence-electron chi connectivity index (χ4n) is 3.32. The normalized spacial score (nSPS) is 10.8. The molecule has 0 spiro atoms. The van der Waals surface area contributed by atoms with E-state index in [1.807, 2.05) is 47.5 Å². The van der Waals surface area contributed by atoms with Crippen LogP contribution in [0.4, 0.5) is 0 Å². The van der Waals surface area contributed by atoms with Gasteiger partial charge in [-0.05, 0) is 54.4 Å². The highest BCUT2D eigenvalue weighted by molar-refractivity contribution is 6.31. The minimum atomic E-state index is -0.0146. The molecule has 1 heterocycles. The van der Waals surface area contributed by atoms with E-state index in [4.69, 9.17) is 21.1 Å². The highest BCUT2D eigenvalue weighted by Gasteiger charge is 2.18. The molecule has 158 valence electrons. The molecule has 3 rings (SSSR count). The molecule has 2 aromatic carbocycles. The van der Waals surface area contributed by atoms with Gasteiger partial charge < -0.3 is 18.9 Å². The van der Waals surface area contributed by atoms with Crippen molar-refractivity contribution in [1.82, 2.24) is 9.47 Å². The summed E-state index contributed by atoms with van der Waals surface area (Å²) in [6, 6.07) is 19.1. The molecular formula is C24H27ClN2O3. The van der Waals surface area contributed by atoms with Gasteiger partial charge in [-0.15, -0.1) is 0 Å². The topological polar surface area (TPSA) is 43.7 Å². The van der Waals surface area contributed by atoms with Crippen LogP contribution >= 0.6 is 11.6 Å². The highest BCUT2D eigenvalue weighted by Crippen LogP contribution is 2.19. The zero-order chi connectivity index (χ0) is 21.3. The molecule has 0 atom stereocenters. The van der Waals surface area contributed by atoms with Crippen molar-refractivity contribution in [3.8, 4) is 5.75 Å².